The number of nitrogens with zero attached hydrogens (tertiary/aromatic N) is 1. The number of hydrogen-bond acceptors (Lipinski definition) is 3. The van der Waals surface area contributed by atoms with Gasteiger partial charge in [-0.05, 0) is 66.9 Å². The molecule has 1 heterocycles. The lowest BCUT2D eigenvalue weighted by Crippen LogP contribution is -2.14. The Balaban J connectivity index is 0.000000315. The van der Waals surface area contributed by atoms with Crippen LogP contribution in [0.3, 0.4) is 0 Å². The molecule has 0 saturated heterocycles. The second-order valence-electron chi connectivity index (χ2n) is 4.67. The van der Waals surface area contributed by atoms with Crippen LogP contribution in [0.25, 0.3) is 10.9 Å². The number of benzene rings is 1. The number of carboxylic acid groups (broad SMARTS) is 2. The van der Waals surface area contributed by atoms with E-state index in [4.69, 9.17) is 19.8 Å². The van der Waals surface area contributed by atoms with Crippen molar-refractivity contribution < 1.29 is 19.8 Å². The summed E-state index contributed by atoms with van der Waals surface area (Å²) in [6, 6.07) is 6.53. The third-order valence-electron chi connectivity index (χ3n) is 2.74. The maximum atomic E-state index is 9.10. The standard InChI is InChI=1S/C12H15IN2.C2H2O4/c1-15(2)6-5-9-8-14-12-4-3-10(13)7-11(9)12;3-1(4)2(5)6/h3-4,7-8,14H,5-6H2,1-2H3;(H,3,4)(H,5,6). The highest BCUT2D eigenvalue weighted by atomic mass is 127. The second-order valence-corrected chi connectivity index (χ2v) is 5.91. The Bertz CT molecular complexity index is 625. The minimum Gasteiger partial charge on any atom is -0.473 e. The molecule has 0 fully saturated rings. The number of aromatic nitrogens is 1. The molecule has 0 bridgehead atoms. The van der Waals surface area contributed by atoms with Gasteiger partial charge < -0.3 is 20.1 Å². The van der Waals surface area contributed by atoms with E-state index in [2.05, 4.69) is 71.0 Å². The topological polar surface area (TPSA) is 93.6 Å². The van der Waals surface area contributed by atoms with Gasteiger partial charge >= 0.3 is 11.9 Å². The van der Waals surface area contributed by atoms with Crippen molar-refractivity contribution in [1.82, 2.24) is 9.88 Å². The first-order valence-electron chi connectivity index (χ1n) is 6.17. The zero-order valence-electron chi connectivity index (χ0n) is 11.8. The van der Waals surface area contributed by atoms with E-state index >= 15 is 0 Å². The number of fused-ring (bicyclic) bond motifs is 1. The van der Waals surface area contributed by atoms with Gasteiger partial charge in [0.15, 0.2) is 0 Å². The average Bonchev–Trinajstić information content (AvgIpc) is 2.79. The molecular formula is C14H17IN2O4. The van der Waals surface area contributed by atoms with Crippen LogP contribution >= 0.6 is 22.6 Å². The van der Waals surface area contributed by atoms with Gasteiger partial charge in [0.25, 0.3) is 0 Å². The van der Waals surface area contributed by atoms with Crippen molar-refractivity contribution in [2.24, 2.45) is 0 Å². The van der Waals surface area contributed by atoms with E-state index in [0.29, 0.717) is 0 Å². The summed E-state index contributed by atoms with van der Waals surface area (Å²) in [7, 11) is 4.22. The minimum absolute atomic E-state index is 1.10. The first-order chi connectivity index (χ1) is 9.81. The van der Waals surface area contributed by atoms with Gasteiger partial charge in [0.05, 0.1) is 0 Å². The van der Waals surface area contributed by atoms with Crippen molar-refractivity contribution >= 4 is 45.4 Å². The maximum Gasteiger partial charge on any atom is 0.414 e. The fourth-order valence-corrected chi connectivity index (χ4v) is 2.19. The largest absolute Gasteiger partial charge is 0.473 e. The lowest BCUT2D eigenvalue weighted by atomic mass is 10.1. The molecule has 2 rings (SSSR count). The number of carboxylic acids is 2. The van der Waals surface area contributed by atoms with Gasteiger partial charge in [-0.2, -0.15) is 0 Å². The van der Waals surface area contributed by atoms with Gasteiger partial charge in [-0.25, -0.2) is 9.59 Å². The third kappa shape index (κ3) is 5.72. The van der Waals surface area contributed by atoms with E-state index in [1.807, 2.05) is 0 Å². The number of hydrogen-bond donors (Lipinski definition) is 3. The third-order valence-corrected chi connectivity index (χ3v) is 3.41. The summed E-state index contributed by atoms with van der Waals surface area (Å²) < 4.78 is 1.30. The summed E-state index contributed by atoms with van der Waals surface area (Å²) >= 11 is 2.36. The molecule has 7 heteroatoms. The molecule has 6 nitrogen and oxygen atoms in total. The van der Waals surface area contributed by atoms with E-state index in [0.717, 1.165) is 13.0 Å². The van der Waals surface area contributed by atoms with Crippen molar-refractivity contribution in [3.8, 4) is 0 Å². The minimum atomic E-state index is -1.82. The lowest BCUT2D eigenvalue weighted by molar-refractivity contribution is -0.159. The van der Waals surface area contributed by atoms with Crippen LogP contribution in [-0.2, 0) is 16.0 Å². The van der Waals surface area contributed by atoms with Crippen molar-refractivity contribution in [3.05, 3.63) is 33.5 Å². The highest BCUT2D eigenvalue weighted by Crippen LogP contribution is 2.21. The average molecular weight is 404 g/mol. The fourth-order valence-electron chi connectivity index (χ4n) is 1.70. The molecule has 3 N–H and O–H groups in total. The number of likely N-dealkylation sites (N-methyl/N-ethyl adjacent to an activating group) is 1. The summed E-state index contributed by atoms with van der Waals surface area (Å²) in [6.45, 7) is 1.10. The van der Waals surface area contributed by atoms with Gasteiger partial charge in [-0.3, -0.25) is 0 Å². The normalized spacial score (nSPS) is 10.3. The predicted molar refractivity (Wildman–Crippen MR) is 88.5 cm³/mol. The van der Waals surface area contributed by atoms with Crippen LogP contribution in [0.5, 0.6) is 0 Å². The van der Waals surface area contributed by atoms with E-state index in [1.165, 1.54) is 20.0 Å². The van der Waals surface area contributed by atoms with Crippen LogP contribution in [0.15, 0.2) is 24.4 Å². The Labute approximate surface area is 135 Å². The molecule has 0 saturated carbocycles. The van der Waals surface area contributed by atoms with Crippen molar-refractivity contribution in [2.75, 3.05) is 20.6 Å². The van der Waals surface area contributed by atoms with Gasteiger partial charge in [-0.15, -0.1) is 0 Å². The summed E-state index contributed by atoms with van der Waals surface area (Å²) in [5.74, 6) is -3.65. The maximum absolute atomic E-state index is 9.10. The summed E-state index contributed by atoms with van der Waals surface area (Å²) in [5, 5.41) is 16.1. The molecule has 0 radical (unpaired) electrons. The van der Waals surface area contributed by atoms with Crippen molar-refractivity contribution in [3.63, 3.8) is 0 Å². The van der Waals surface area contributed by atoms with Crippen LogP contribution in [0, 0.1) is 3.57 Å². The van der Waals surface area contributed by atoms with Gasteiger partial charge in [0, 0.05) is 27.2 Å². The van der Waals surface area contributed by atoms with Gasteiger partial charge in [-0.1, -0.05) is 0 Å². The van der Waals surface area contributed by atoms with Crippen LogP contribution in [0.1, 0.15) is 5.56 Å². The number of carbonyl (C=O) groups is 2. The number of halogens is 1. The molecule has 0 aliphatic rings. The molecule has 0 unspecified atom stereocenters. The molecule has 0 aliphatic carbocycles. The molecule has 0 amide bonds. The number of aromatic amines is 1. The van der Waals surface area contributed by atoms with Crippen LogP contribution in [-0.4, -0.2) is 52.7 Å². The van der Waals surface area contributed by atoms with Crippen molar-refractivity contribution in [1.29, 1.82) is 0 Å². The molecular weight excluding hydrogens is 387 g/mol. The zero-order chi connectivity index (χ0) is 16.0. The lowest BCUT2D eigenvalue weighted by Gasteiger charge is -2.08. The Morgan fingerprint density at radius 1 is 1.24 bits per heavy atom. The molecule has 0 spiro atoms. The predicted octanol–water partition coefficient (Wildman–Crippen LogP) is 2.03. The van der Waals surface area contributed by atoms with E-state index in [1.54, 1.807) is 0 Å². The summed E-state index contributed by atoms with van der Waals surface area (Å²) in [6.07, 6.45) is 3.23. The molecule has 2 aromatic rings. The Kier molecular flexibility index (Phi) is 6.63. The molecule has 114 valence electrons. The molecule has 0 atom stereocenters. The Morgan fingerprint density at radius 2 is 1.86 bits per heavy atom. The van der Waals surface area contributed by atoms with Crippen molar-refractivity contribution in [2.45, 2.75) is 6.42 Å². The Hall–Kier alpha value is -1.61. The number of rotatable bonds is 3. The number of aliphatic carboxylic acids is 2. The first-order valence-corrected chi connectivity index (χ1v) is 7.25. The number of H-pyrrole nitrogens is 1. The van der Waals surface area contributed by atoms with E-state index in [-0.39, 0.29) is 0 Å². The van der Waals surface area contributed by atoms with Gasteiger partial charge in [0.1, 0.15) is 0 Å². The summed E-state index contributed by atoms with van der Waals surface area (Å²) in [5.41, 5.74) is 2.65. The number of nitrogens with one attached hydrogen (secondary N) is 1. The smallest absolute Gasteiger partial charge is 0.414 e. The van der Waals surface area contributed by atoms with E-state index < -0.39 is 11.9 Å². The molecule has 1 aromatic heterocycles. The molecule has 1 aromatic carbocycles. The zero-order valence-corrected chi connectivity index (χ0v) is 13.9. The highest BCUT2D eigenvalue weighted by Gasteiger charge is 2.04. The van der Waals surface area contributed by atoms with Crippen LogP contribution in [0.2, 0.25) is 0 Å². The second kappa shape index (κ2) is 7.99. The molecule has 0 aliphatic heterocycles. The SMILES string of the molecule is CN(C)CCc1c[nH]c2ccc(I)cc12.O=C(O)C(=O)O. The van der Waals surface area contributed by atoms with Gasteiger partial charge in [0.2, 0.25) is 0 Å². The van der Waals surface area contributed by atoms with Crippen LogP contribution < -0.4 is 0 Å². The fraction of sp³-hybridized carbons (Fsp3) is 0.286. The van der Waals surface area contributed by atoms with Crippen LogP contribution in [0.4, 0.5) is 0 Å². The highest BCUT2D eigenvalue weighted by molar-refractivity contribution is 14.1. The Morgan fingerprint density at radius 3 is 2.38 bits per heavy atom. The summed E-state index contributed by atoms with van der Waals surface area (Å²) in [4.78, 5) is 23.7. The molecule has 21 heavy (non-hydrogen) atoms. The van der Waals surface area contributed by atoms with E-state index in [9.17, 15) is 0 Å². The quantitative estimate of drug-likeness (QED) is 0.538. The first kappa shape index (κ1) is 17.4. The monoisotopic (exact) mass is 404 g/mol.